The van der Waals surface area contributed by atoms with Gasteiger partial charge in [-0.25, -0.2) is 0 Å². The standard InChI is InChI=1S/C17H17BNO2.BrH/c1-13-4-2-5-15-6-3-11-19(17(13)15)12-14-7-9-16(10-8-14)18(20)21;/h2-11,20-21H,12H2,1H3;1H/q+1;/p-1. The molecule has 0 fully saturated rings. The Bertz CT molecular complexity index is 770. The summed E-state index contributed by atoms with van der Waals surface area (Å²) < 4.78 is 2.22. The first kappa shape index (κ1) is 16.7. The zero-order valence-corrected chi connectivity index (χ0v) is 13.9. The SMILES string of the molecule is Cc1cccc2ccc[n+](Cc3ccc(B(O)O)cc3)c12.[Br-]. The lowest BCUT2D eigenvalue weighted by Gasteiger charge is -2.05. The maximum absolute atomic E-state index is 9.13. The maximum Gasteiger partial charge on any atom is 0.488 e. The topological polar surface area (TPSA) is 44.3 Å². The summed E-state index contributed by atoms with van der Waals surface area (Å²) in [7, 11) is -1.41. The van der Waals surface area contributed by atoms with E-state index in [4.69, 9.17) is 10.0 Å². The third-order valence-electron chi connectivity index (χ3n) is 3.73. The van der Waals surface area contributed by atoms with E-state index in [2.05, 4.69) is 42.0 Å². The van der Waals surface area contributed by atoms with Crippen molar-refractivity contribution in [1.29, 1.82) is 0 Å². The number of rotatable bonds is 3. The van der Waals surface area contributed by atoms with Crippen molar-refractivity contribution in [2.24, 2.45) is 0 Å². The Kier molecular flexibility index (Phi) is 5.35. The van der Waals surface area contributed by atoms with Gasteiger partial charge in [-0.1, -0.05) is 36.4 Å². The molecule has 0 amide bonds. The molecular formula is C17H17BBrNO2. The second-order valence-corrected chi connectivity index (χ2v) is 5.26. The number of pyridine rings is 1. The predicted octanol–water partition coefficient (Wildman–Crippen LogP) is -1.83. The lowest BCUT2D eigenvalue weighted by molar-refractivity contribution is -0.662. The van der Waals surface area contributed by atoms with Crippen LogP contribution in [-0.4, -0.2) is 17.2 Å². The molecule has 0 unspecified atom stereocenters. The summed E-state index contributed by atoms with van der Waals surface area (Å²) in [6.07, 6.45) is 2.07. The Morgan fingerprint density at radius 3 is 2.32 bits per heavy atom. The summed E-state index contributed by atoms with van der Waals surface area (Å²) in [6.45, 7) is 2.87. The van der Waals surface area contributed by atoms with E-state index in [0.29, 0.717) is 5.46 Å². The van der Waals surface area contributed by atoms with Gasteiger partial charge in [-0.05, 0) is 24.5 Å². The van der Waals surface area contributed by atoms with Crippen molar-refractivity contribution in [2.45, 2.75) is 13.5 Å². The zero-order valence-electron chi connectivity index (χ0n) is 12.3. The second kappa shape index (κ2) is 7.05. The molecule has 1 aromatic heterocycles. The number of fused-ring (bicyclic) bond motifs is 1. The molecule has 0 saturated heterocycles. The Labute approximate surface area is 140 Å². The molecule has 22 heavy (non-hydrogen) atoms. The number of hydrogen-bond acceptors (Lipinski definition) is 2. The van der Waals surface area contributed by atoms with Crippen LogP contribution in [0, 0.1) is 6.92 Å². The fourth-order valence-corrected chi connectivity index (χ4v) is 2.66. The van der Waals surface area contributed by atoms with Crippen LogP contribution >= 0.6 is 0 Å². The minimum absolute atomic E-state index is 0. The van der Waals surface area contributed by atoms with Crippen molar-refractivity contribution >= 4 is 23.5 Å². The fourth-order valence-electron chi connectivity index (χ4n) is 2.66. The number of aromatic nitrogens is 1. The van der Waals surface area contributed by atoms with E-state index >= 15 is 0 Å². The monoisotopic (exact) mass is 357 g/mol. The lowest BCUT2D eigenvalue weighted by Crippen LogP contribution is -3.00. The maximum atomic E-state index is 9.13. The number of aryl methyl sites for hydroxylation is 1. The van der Waals surface area contributed by atoms with Gasteiger partial charge in [0.2, 0.25) is 5.52 Å². The normalized spacial score (nSPS) is 10.3. The molecule has 0 atom stereocenters. The molecule has 3 nitrogen and oxygen atoms in total. The predicted molar refractivity (Wildman–Crippen MR) is 84.2 cm³/mol. The van der Waals surface area contributed by atoms with E-state index < -0.39 is 7.12 Å². The molecule has 112 valence electrons. The summed E-state index contributed by atoms with van der Waals surface area (Å²) in [4.78, 5) is 0. The van der Waals surface area contributed by atoms with Crippen LogP contribution in [0.5, 0.6) is 0 Å². The van der Waals surface area contributed by atoms with E-state index in [1.807, 2.05) is 18.2 Å². The first-order chi connectivity index (χ1) is 10.1. The molecule has 0 radical (unpaired) electrons. The molecule has 0 bridgehead atoms. The Hall–Kier alpha value is -1.69. The number of hydrogen-bond donors (Lipinski definition) is 2. The highest BCUT2D eigenvalue weighted by atomic mass is 79.9. The van der Waals surface area contributed by atoms with Gasteiger partial charge in [0.25, 0.3) is 0 Å². The number of nitrogens with zero attached hydrogens (tertiary/aromatic N) is 1. The molecule has 5 heteroatoms. The average molecular weight is 358 g/mol. The van der Waals surface area contributed by atoms with Crippen LogP contribution in [0.2, 0.25) is 0 Å². The van der Waals surface area contributed by atoms with Gasteiger partial charge in [0.15, 0.2) is 12.7 Å². The molecule has 2 aromatic carbocycles. The number of halogens is 1. The summed E-state index contributed by atoms with van der Waals surface area (Å²) in [5.41, 5.74) is 4.11. The molecule has 0 spiro atoms. The van der Waals surface area contributed by atoms with Crippen molar-refractivity contribution < 1.29 is 31.6 Å². The second-order valence-electron chi connectivity index (χ2n) is 5.26. The average Bonchev–Trinajstić information content (AvgIpc) is 2.48. The summed E-state index contributed by atoms with van der Waals surface area (Å²) in [5.74, 6) is 0. The Balaban J connectivity index is 0.00000176. The highest BCUT2D eigenvalue weighted by Crippen LogP contribution is 2.14. The number of para-hydroxylation sites is 1. The minimum atomic E-state index is -1.41. The minimum Gasteiger partial charge on any atom is -1.00 e. The molecule has 0 aliphatic rings. The van der Waals surface area contributed by atoms with Crippen molar-refractivity contribution in [3.8, 4) is 0 Å². The smallest absolute Gasteiger partial charge is 0.488 e. The summed E-state index contributed by atoms with van der Waals surface area (Å²) >= 11 is 0. The van der Waals surface area contributed by atoms with E-state index in [0.717, 1.165) is 12.1 Å². The van der Waals surface area contributed by atoms with Gasteiger partial charge >= 0.3 is 7.12 Å². The van der Waals surface area contributed by atoms with Gasteiger partial charge in [0.1, 0.15) is 0 Å². The van der Waals surface area contributed by atoms with Crippen molar-refractivity contribution in [3.63, 3.8) is 0 Å². The molecule has 0 saturated carbocycles. The molecular weight excluding hydrogens is 341 g/mol. The van der Waals surface area contributed by atoms with Crippen LogP contribution in [0.15, 0.2) is 60.8 Å². The van der Waals surface area contributed by atoms with E-state index in [-0.39, 0.29) is 17.0 Å². The van der Waals surface area contributed by atoms with Crippen LogP contribution < -0.4 is 27.0 Å². The fraction of sp³-hybridized carbons (Fsp3) is 0.118. The van der Waals surface area contributed by atoms with Crippen molar-refractivity contribution in [1.82, 2.24) is 0 Å². The molecule has 0 aliphatic carbocycles. The van der Waals surface area contributed by atoms with E-state index in [1.54, 1.807) is 12.1 Å². The molecule has 0 aliphatic heterocycles. The van der Waals surface area contributed by atoms with Crippen LogP contribution in [-0.2, 0) is 6.54 Å². The van der Waals surface area contributed by atoms with Crippen molar-refractivity contribution in [3.05, 3.63) is 71.9 Å². The summed E-state index contributed by atoms with van der Waals surface area (Å²) in [5, 5.41) is 19.5. The van der Waals surface area contributed by atoms with E-state index in [1.165, 1.54) is 16.5 Å². The first-order valence-corrected chi connectivity index (χ1v) is 6.98. The van der Waals surface area contributed by atoms with Crippen molar-refractivity contribution in [2.75, 3.05) is 0 Å². The quantitative estimate of drug-likeness (QED) is 0.428. The third kappa shape index (κ3) is 3.38. The van der Waals surface area contributed by atoms with Gasteiger partial charge in [-0.2, -0.15) is 4.57 Å². The van der Waals surface area contributed by atoms with Crippen LogP contribution in [0.1, 0.15) is 11.1 Å². The Morgan fingerprint density at radius 1 is 0.955 bits per heavy atom. The lowest BCUT2D eigenvalue weighted by atomic mass is 9.80. The van der Waals surface area contributed by atoms with Crippen LogP contribution in [0.25, 0.3) is 10.9 Å². The highest BCUT2D eigenvalue weighted by molar-refractivity contribution is 6.58. The Morgan fingerprint density at radius 2 is 1.64 bits per heavy atom. The molecule has 3 aromatic rings. The highest BCUT2D eigenvalue weighted by Gasteiger charge is 2.13. The van der Waals surface area contributed by atoms with Crippen LogP contribution in [0.3, 0.4) is 0 Å². The van der Waals surface area contributed by atoms with Gasteiger partial charge in [0, 0.05) is 22.6 Å². The van der Waals surface area contributed by atoms with Gasteiger partial charge in [-0.3, -0.25) is 0 Å². The molecule has 1 heterocycles. The van der Waals surface area contributed by atoms with Crippen LogP contribution in [0.4, 0.5) is 0 Å². The van der Waals surface area contributed by atoms with Gasteiger partial charge < -0.3 is 27.0 Å². The summed E-state index contributed by atoms with van der Waals surface area (Å²) in [6, 6.07) is 17.8. The van der Waals surface area contributed by atoms with Gasteiger partial charge in [-0.15, -0.1) is 0 Å². The zero-order chi connectivity index (χ0) is 14.8. The largest absolute Gasteiger partial charge is 1.00 e. The van der Waals surface area contributed by atoms with Gasteiger partial charge in [0.05, 0.1) is 0 Å². The molecule has 2 N–H and O–H groups in total. The van der Waals surface area contributed by atoms with E-state index in [9.17, 15) is 0 Å². The third-order valence-corrected chi connectivity index (χ3v) is 3.73. The first-order valence-electron chi connectivity index (χ1n) is 6.98. The molecule has 3 rings (SSSR count). The number of benzene rings is 2.